The Bertz CT molecular complexity index is 1590. The zero-order valence-electron chi connectivity index (χ0n) is 20.0. The van der Waals surface area contributed by atoms with Crippen molar-refractivity contribution in [2.24, 2.45) is 0 Å². The van der Waals surface area contributed by atoms with Crippen molar-refractivity contribution in [2.75, 3.05) is 7.11 Å². The van der Waals surface area contributed by atoms with Crippen molar-refractivity contribution >= 4 is 34.1 Å². The zero-order chi connectivity index (χ0) is 25.8. The first-order valence-corrected chi connectivity index (χ1v) is 12.0. The second kappa shape index (κ2) is 10.6. The molecule has 0 aliphatic rings. The molecule has 1 N–H and O–H groups in total. The maximum absolute atomic E-state index is 13.0. The number of ketones is 1. The summed E-state index contributed by atoms with van der Waals surface area (Å²) in [5.74, 6) is 0.997. The highest BCUT2D eigenvalue weighted by atomic mass is 35.5. The van der Waals surface area contributed by atoms with Crippen LogP contribution in [0, 0.1) is 0 Å². The van der Waals surface area contributed by atoms with Crippen molar-refractivity contribution < 1.29 is 23.8 Å². The Balaban J connectivity index is 1.42. The summed E-state index contributed by atoms with van der Waals surface area (Å²) in [6.45, 7) is 0.410. The number of benzene rings is 4. The van der Waals surface area contributed by atoms with E-state index in [1.54, 1.807) is 48.5 Å². The number of carbonyl (C=O) groups is 1. The lowest BCUT2D eigenvalue weighted by Crippen LogP contribution is -2.00. The van der Waals surface area contributed by atoms with E-state index in [1.165, 1.54) is 13.2 Å². The van der Waals surface area contributed by atoms with Crippen molar-refractivity contribution in [1.29, 1.82) is 0 Å². The molecule has 0 bridgehead atoms. The number of fused-ring (bicyclic) bond motifs is 1. The molecule has 0 aliphatic carbocycles. The Hall–Kier alpha value is -4.48. The Morgan fingerprint density at radius 1 is 0.946 bits per heavy atom. The molecule has 5 aromatic rings. The number of halogens is 1. The van der Waals surface area contributed by atoms with Crippen LogP contribution in [0.15, 0.2) is 108 Å². The maximum Gasteiger partial charge on any atom is 0.193 e. The summed E-state index contributed by atoms with van der Waals surface area (Å²) in [5, 5.41) is 11.5. The number of hydrogen-bond donors (Lipinski definition) is 1. The third-order valence-corrected chi connectivity index (χ3v) is 6.21. The van der Waals surface area contributed by atoms with Crippen LogP contribution in [-0.2, 0) is 6.61 Å². The smallest absolute Gasteiger partial charge is 0.193 e. The van der Waals surface area contributed by atoms with Crippen LogP contribution in [0.3, 0.4) is 0 Å². The van der Waals surface area contributed by atoms with Crippen molar-refractivity contribution in [3.05, 3.63) is 125 Å². The number of allylic oxidation sites excluding steroid dienone is 1. The lowest BCUT2D eigenvalue weighted by atomic mass is 10.0. The van der Waals surface area contributed by atoms with E-state index in [0.717, 1.165) is 11.1 Å². The number of ether oxygens (including phenoxy) is 2. The average Bonchev–Trinajstić information content (AvgIpc) is 3.37. The summed E-state index contributed by atoms with van der Waals surface area (Å²) < 4.78 is 17.5. The Kier molecular flexibility index (Phi) is 6.97. The van der Waals surface area contributed by atoms with Gasteiger partial charge in [-0.15, -0.1) is 0 Å². The zero-order valence-corrected chi connectivity index (χ0v) is 20.7. The largest absolute Gasteiger partial charge is 0.507 e. The van der Waals surface area contributed by atoms with Crippen molar-refractivity contribution in [3.8, 4) is 22.8 Å². The van der Waals surface area contributed by atoms with Crippen LogP contribution in [0.25, 0.3) is 28.1 Å². The fourth-order valence-corrected chi connectivity index (χ4v) is 4.28. The van der Waals surface area contributed by atoms with Gasteiger partial charge in [-0.05, 0) is 42.0 Å². The number of carbonyl (C=O) groups excluding carboxylic acids is 1. The van der Waals surface area contributed by atoms with E-state index in [4.69, 9.17) is 25.5 Å². The van der Waals surface area contributed by atoms with E-state index in [2.05, 4.69) is 0 Å². The third kappa shape index (κ3) is 5.22. The summed E-state index contributed by atoms with van der Waals surface area (Å²) in [6.07, 6.45) is 1.19. The van der Waals surface area contributed by atoms with E-state index >= 15 is 0 Å². The minimum absolute atomic E-state index is 0.121. The summed E-state index contributed by atoms with van der Waals surface area (Å²) in [6, 6.07) is 29.3. The quantitative estimate of drug-likeness (QED) is 0.130. The molecule has 0 amide bonds. The minimum atomic E-state index is -0.384. The van der Waals surface area contributed by atoms with E-state index < -0.39 is 0 Å². The molecule has 0 unspecified atom stereocenters. The molecular weight excluding hydrogens is 488 g/mol. The van der Waals surface area contributed by atoms with Crippen LogP contribution in [0.2, 0.25) is 5.02 Å². The van der Waals surface area contributed by atoms with Gasteiger partial charge in [-0.3, -0.25) is 4.79 Å². The molecule has 0 saturated heterocycles. The van der Waals surface area contributed by atoms with E-state index in [1.807, 2.05) is 48.5 Å². The predicted molar refractivity (Wildman–Crippen MR) is 145 cm³/mol. The second-order valence-electron chi connectivity index (χ2n) is 8.35. The van der Waals surface area contributed by atoms with Gasteiger partial charge in [-0.2, -0.15) is 0 Å². The first-order valence-electron chi connectivity index (χ1n) is 11.6. The van der Waals surface area contributed by atoms with Gasteiger partial charge in [0.05, 0.1) is 23.1 Å². The van der Waals surface area contributed by atoms with Gasteiger partial charge >= 0.3 is 0 Å². The molecule has 37 heavy (non-hydrogen) atoms. The average molecular weight is 511 g/mol. The molecule has 0 saturated carbocycles. The van der Waals surface area contributed by atoms with Gasteiger partial charge in [0, 0.05) is 17.2 Å². The van der Waals surface area contributed by atoms with Gasteiger partial charge in [-0.25, -0.2) is 0 Å². The standard InChI is InChI=1S/C31H23ClO5/c1-35-31-23(27(34)18-26(33)21-10-6-3-7-11-21)13-15-28-24(31)17-30(37-28)22-12-14-29(25(32)16-22)36-19-20-8-4-2-5-9-20/h2-18,33H,19H2,1H3. The molecule has 184 valence electrons. The van der Waals surface area contributed by atoms with Gasteiger partial charge in [-0.1, -0.05) is 72.3 Å². The van der Waals surface area contributed by atoms with Gasteiger partial charge < -0.3 is 19.0 Å². The number of hydrogen-bond acceptors (Lipinski definition) is 5. The summed E-state index contributed by atoms with van der Waals surface area (Å²) >= 11 is 6.50. The van der Waals surface area contributed by atoms with Crippen molar-refractivity contribution in [2.45, 2.75) is 6.61 Å². The molecule has 1 heterocycles. The fourth-order valence-electron chi connectivity index (χ4n) is 4.04. The molecule has 5 nitrogen and oxygen atoms in total. The van der Waals surface area contributed by atoms with Crippen LogP contribution in [0.5, 0.6) is 11.5 Å². The van der Waals surface area contributed by atoms with E-state index in [0.29, 0.717) is 51.0 Å². The highest BCUT2D eigenvalue weighted by Crippen LogP contribution is 2.38. The lowest BCUT2D eigenvalue weighted by molar-refractivity contribution is 0.104. The molecule has 5 rings (SSSR count). The second-order valence-corrected chi connectivity index (χ2v) is 8.76. The molecule has 0 atom stereocenters. The SMILES string of the molecule is COc1c(C(=O)C=C(O)c2ccccc2)ccc2oc(-c3ccc(OCc4ccccc4)c(Cl)c3)cc12. The molecule has 6 heteroatoms. The number of methoxy groups -OCH3 is 1. The molecule has 1 aromatic heterocycles. The molecule has 4 aromatic carbocycles. The summed E-state index contributed by atoms with van der Waals surface area (Å²) in [4.78, 5) is 13.0. The van der Waals surface area contributed by atoms with Gasteiger partial charge in [0.2, 0.25) is 0 Å². The molecule has 0 fully saturated rings. The van der Waals surface area contributed by atoms with Gasteiger partial charge in [0.25, 0.3) is 0 Å². The first kappa shape index (κ1) is 24.2. The van der Waals surface area contributed by atoms with Crippen LogP contribution in [-0.4, -0.2) is 18.0 Å². The Morgan fingerprint density at radius 2 is 1.68 bits per heavy atom. The lowest BCUT2D eigenvalue weighted by Gasteiger charge is -2.09. The van der Waals surface area contributed by atoms with Crippen LogP contribution in [0.4, 0.5) is 0 Å². The topological polar surface area (TPSA) is 68.9 Å². The van der Waals surface area contributed by atoms with Gasteiger partial charge in [0.15, 0.2) is 5.78 Å². The minimum Gasteiger partial charge on any atom is -0.507 e. The Morgan fingerprint density at radius 3 is 2.38 bits per heavy atom. The van der Waals surface area contributed by atoms with Crippen LogP contribution < -0.4 is 9.47 Å². The summed E-state index contributed by atoms with van der Waals surface area (Å²) in [5.41, 5.74) is 3.22. The summed E-state index contributed by atoms with van der Waals surface area (Å²) in [7, 11) is 1.49. The third-order valence-electron chi connectivity index (χ3n) is 5.91. The number of aliphatic hydroxyl groups excluding tert-OH is 1. The van der Waals surface area contributed by atoms with E-state index in [9.17, 15) is 9.90 Å². The van der Waals surface area contributed by atoms with Crippen LogP contribution in [0.1, 0.15) is 21.5 Å². The highest BCUT2D eigenvalue weighted by molar-refractivity contribution is 6.32. The number of furan rings is 1. The predicted octanol–water partition coefficient (Wildman–Crippen LogP) is 8.12. The van der Waals surface area contributed by atoms with Crippen molar-refractivity contribution in [1.82, 2.24) is 0 Å². The first-order chi connectivity index (χ1) is 18.0. The number of rotatable bonds is 8. The molecule has 0 radical (unpaired) electrons. The Labute approximate surface area is 219 Å². The number of aliphatic hydroxyl groups is 1. The van der Waals surface area contributed by atoms with E-state index in [-0.39, 0.29) is 11.5 Å². The normalized spacial score (nSPS) is 11.5. The molecule has 0 spiro atoms. The maximum atomic E-state index is 13.0. The van der Waals surface area contributed by atoms with Gasteiger partial charge in [0.1, 0.15) is 35.2 Å². The molecular formula is C31H23ClO5. The fraction of sp³-hybridized carbons (Fsp3) is 0.0645. The monoisotopic (exact) mass is 510 g/mol. The van der Waals surface area contributed by atoms with Crippen LogP contribution >= 0.6 is 11.6 Å². The highest BCUT2D eigenvalue weighted by Gasteiger charge is 2.19. The molecule has 0 aliphatic heterocycles. The van der Waals surface area contributed by atoms with Crippen molar-refractivity contribution in [3.63, 3.8) is 0 Å².